The number of fused-ring (bicyclic) bond motifs is 1. The van der Waals surface area contributed by atoms with E-state index in [1.807, 2.05) is 48.5 Å². The fourth-order valence-corrected chi connectivity index (χ4v) is 2.74. The van der Waals surface area contributed by atoms with Crippen LogP contribution in [0.15, 0.2) is 54.8 Å². The summed E-state index contributed by atoms with van der Waals surface area (Å²) in [6, 6.07) is 15.1. The van der Waals surface area contributed by atoms with Crippen molar-refractivity contribution in [2.24, 2.45) is 0 Å². The van der Waals surface area contributed by atoms with E-state index in [4.69, 9.17) is 4.74 Å². The summed E-state index contributed by atoms with van der Waals surface area (Å²) in [5.41, 5.74) is 3.24. The van der Waals surface area contributed by atoms with Crippen molar-refractivity contribution in [1.29, 1.82) is 0 Å². The van der Waals surface area contributed by atoms with Crippen molar-refractivity contribution >= 4 is 11.9 Å². The Morgan fingerprint density at radius 1 is 1.14 bits per heavy atom. The average Bonchev–Trinajstić information content (AvgIpc) is 2.53. The first-order valence-corrected chi connectivity index (χ1v) is 6.90. The molecule has 0 amide bonds. The second-order valence-electron chi connectivity index (χ2n) is 5.11. The molecular formula is C18H16O3. The highest BCUT2D eigenvalue weighted by atomic mass is 16.5. The summed E-state index contributed by atoms with van der Waals surface area (Å²) < 4.78 is 5.68. The summed E-state index contributed by atoms with van der Waals surface area (Å²) >= 11 is 0. The largest absolute Gasteiger partial charge is 0.464 e. The molecule has 2 aromatic rings. The van der Waals surface area contributed by atoms with Gasteiger partial charge in [-0.3, -0.25) is 0 Å². The van der Waals surface area contributed by atoms with E-state index in [9.17, 15) is 9.90 Å². The quantitative estimate of drug-likeness (QED) is 0.876. The molecule has 0 bridgehead atoms. The van der Waals surface area contributed by atoms with Gasteiger partial charge in [-0.05, 0) is 24.1 Å². The van der Waals surface area contributed by atoms with Gasteiger partial charge in [-0.15, -0.1) is 0 Å². The van der Waals surface area contributed by atoms with Gasteiger partial charge < -0.3 is 14.6 Å². The van der Waals surface area contributed by atoms with Crippen LogP contribution in [0.5, 0.6) is 5.75 Å². The summed E-state index contributed by atoms with van der Waals surface area (Å²) in [4.78, 5) is 11.7. The van der Waals surface area contributed by atoms with Crippen LogP contribution in [0.1, 0.15) is 35.6 Å². The van der Waals surface area contributed by atoms with E-state index in [0.29, 0.717) is 5.75 Å². The monoisotopic (exact) mass is 280 g/mol. The van der Waals surface area contributed by atoms with Gasteiger partial charge in [-0.25, -0.2) is 0 Å². The molecule has 1 aliphatic heterocycles. The number of carbonyl (C=O) groups excluding carboxylic acids is 1. The summed E-state index contributed by atoms with van der Waals surface area (Å²) in [6.45, 7) is 1.69. The van der Waals surface area contributed by atoms with Crippen molar-refractivity contribution < 1.29 is 14.6 Å². The highest BCUT2D eigenvalue weighted by molar-refractivity contribution is 5.89. The SMILES string of the molecule is CC(O)c1cccc2c1[C@@H](C=O)C(c1ccccc1)=CO2. The van der Waals surface area contributed by atoms with E-state index in [1.54, 1.807) is 13.2 Å². The van der Waals surface area contributed by atoms with E-state index in [-0.39, 0.29) is 0 Å². The summed E-state index contributed by atoms with van der Waals surface area (Å²) in [5, 5.41) is 9.96. The molecule has 2 aromatic carbocycles. The molecule has 3 nitrogen and oxygen atoms in total. The van der Waals surface area contributed by atoms with Gasteiger partial charge in [0.25, 0.3) is 0 Å². The van der Waals surface area contributed by atoms with Gasteiger partial charge in [-0.1, -0.05) is 42.5 Å². The molecule has 1 aliphatic rings. The van der Waals surface area contributed by atoms with Crippen LogP contribution < -0.4 is 4.74 Å². The minimum absolute atomic E-state index is 0.429. The molecule has 1 heterocycles. The molecule has 1 unspecified atom stereocenters. The Labute approximate surface area is 123 Å². The zero-order valence-corrected chi connectivity index (χ0v) is 11.7. The Balaban J connectivity index is 2.14. The molecule has 3 heteroatoms. The lowest BCUT2D eigenvalue weighted by Gasteiger charge is -2.26. The van der Waals surface area contributed by atoms with Crippen molar-refractivity contribution in [2.75, 3.05) is 0 Å². The number of rotatable bonds is 3. The lowest BCUT2D eigenvalue weighted by atomic mass is 9.83. The van der Waals surface area contributed by atoms with E-state index in [0.717, 1.165) is 28.5 Å². The minimum atomic E-state index is -0.652. The number of aldehydes is 1. The van der Waals surface area contributed by atoms with Crippen LogP contribution in [0.25, 0.3) is 5.57 Å². The molecule has 0 fully saturated rings. The first kappa shape index (κ1) is 13.6. The number of hydrogen-bond donors (Lipinski definition) is 1. The Morgan fingerprint density at radius 3 is 2.57 bits per heavy atom. The third-order valence-corrected chi connectivity index (χ3v) is 3.75. The van der Waals surface area contributed by atoms with Crippen molar-refractivity contribution in [3.63, 3.8) is 0 Å². The zero-order chi connectivity index (χ0) is 14.8. The number of carbonyl (C=O) groups is 1. The fraction of sp³-hybridized carbons (Fsp3) is 0.167. The lowest BCUT2D eigenvalue weighted by molar-refractivity contribution is -0.108. The predicted octanol–water partition coefficient (Wildman–Crippen LogP) is 3.46. The van der Waals surface area contributed by atoms with E-state index in [1.165, 1.54) is 0 Å². The van der Waals surface area contributed by atoms with Crippen LogP contribution in [0.3, 0.4) is 0 Å². The van der Waals surface area contributed by atoms with Crippen molar-refractivity contribution in [1.82, 2.24) is 0 Å². The van der Waals surface area contributed by atoms with Crippen LogP contribution in [0.2, 0.25) is 0 Å². The van der Waals surface area contributed by atoms with E-state index in [2.05, 4.69) is 0 Å². The maximum absolute atomic E-state index is 11.7. The number of hydrogen-bond acceptors (Lipinski definition) is 3. The minimum Gasteiger partial charge on any atom is -0.464 e. The summed E-state index contributed by atoms with van der Waals surface area (Å²) in [5.74, 6) is 0.201. The Kier molecular flexibility index (Phi) is 3.59. The molecule has 0 spiro atoms. The first-order valence-electron chi connectivity index (χ1n) is 6.90. The molecule has 2 atom stereocenters. The van der Waals surface area contributed by atoms with Gasteiger partial charge >= 0.3 is 0 Å². The van der Waals surface area contributed by atoms with Crippen molar-refractivity contribution in [3.8, 4) is 5.75 Å². The standard InChI is InChI=1S/C18H16O3/c1-12(20)14-8-5-9-17-18(14)15(10-19)16(11-21-17)13-6-3-2-4-7-13/h2-12,15,20H,1H3/t12?,15-/m0/s1. The number of aliphatic hydroxyl groups excluding tert-OH is 1. The van der Waals surface area contributed by atoms with Crippen LogP contribution in [-0.2, 0) is 4.79 Å². The fourth-order valence-electron chi connectivity index (χ4n) is 2.74. The van der Waals surface area contributed by atoms with Crippen molar-refractivity contribution in [3.05, 3.63) is 71.5 Å². The molecule has 0 aliphatic carbocycles. The van der Waals surface area contributed by atoms with Gasteiger partial charge in [0.05, 0.1) is 18.3 Å². The molecule has 0 saturated heterocycles. The smallest absolute Gasteiger partial charge is 0.132 e. The molecule has 3 rings (SSSR count). The third kappa shape index (κ3) is 2.36. The predicted molar refractivity (Wildman–Crippen MR) is 80.9 cm³/mol. The Bertz CT molecular complexity index is 687. The molecule has 21 heavy (non-hydrogen) atoms. The van der Waals surface area contributed by atoms with Crippen LogP contribution in [0.4, 0.5) is 0 Å². The van der Waals surface area contributed by atoms with Crippen LogP contribution in [0, 0.1) is 0 Å². The van der Waals surface area contributed by atoms with Gasteiger partial charge in [0.2, 0.25) is 0 Å². The highest BCUT2D eigenvalue weighted by Gasteiger charge is 2.29. The topological polar surface area (TPSA) is 46.5 Å². The van der Waals surface area contributed by atoms with Crippen LogP contribution in [-0.4, -0.2) is 11.4 Å². The maximum atomic E-state index is 11.7. The van der Waals surface area contributed by atoms with E-state index >= 15 is 0 Å². The second-order valence-corrected chi connectivity index (χ2v) is 5.11. The third-order valence-electron chi connectivity index (χ3n) is 3.75. The number of allylic oxidation sites excluding steroid dienone is 1. The van der Waals surface area contributed by atoms with Gasteiger partial charge in [0.1, 0.15) is 12.0 Å². The van der Waals surface area contributed by atoms with Gasteiger partial charge in [-0.2, -0.15) is 0 Å². The molecular weight excluding hydrogens is 264 g/mol. The van der Waals surface area contributed by atoms with Gasteiger partial charge in [0, 0.05) is 11.1 Å². The Morgan fingerprint density at radius 2 is 1.90 bits per heavy atom. The van der Waals surface area contributed by atoms with Gasteiger partial charge in [0.15, 0.2) is 0 Å². The molecule has 0 radical (unpaired) electrons. The number of aliphatic hydroxyl groups is 1. The molecule has 1 N–H and O–H groups in total. The summed E-state index contributed by atoms with van der Waals surface area (Å²) in [6.07, 6.45) is 1.88. The average molecular weight is 280 g/mol. The summed E-state index contributed by atoms with van der Waals surface area (Å²) in [7, 11) is 0. The molecule has 0 saturated carbocycles. The Hall–Kier alpha value is -2.39. The second kappa shape index (κ2) is 5.54. The normalized spacial score (nSPS) is 18.2. The number of benzene rings is 2. The van der Waals surface area contributed by atoms with E-state index < -0.39 is 12.0 Å². The van der Waals surface area contributed by atoms with Crippen molar-refractivity contribution in [2.45, 2.75) is 18.9 Å². The lowest BCUT2D eigenvalue weighted by Crippen LogP contribution is -2.14. The first-order chi connectivity index (χ1) is 10.2. The highest BCUT2D eigenvalue weighted by Crippen LogP contribution is 2.43. The maximum Gasteiger partial charge on any atom is 0.132 e. The zero-order valence-electron chi connectivity index (χ0n) is 11.7. The van der Waals surface area contributed by atoms with Crippen LogP contribution >= 0.6 is 0 Å². The number of ether oxygens (including phenoxy) is 1. The molecule has 106 valence electrons. The molecule has 0 aromatic heterocycles.